The Morgan fingerprint density at radius 1 is 1.26 bits per heavy atom. The van der Waals surface area contributed by atoms with Crippen molar-refractivity contribution < 1.29 is 9.53 Å². The number of hydrogen-bond donors (Lipinski definition) is 0. The molecule has 0 radical (unpaired) electrons. The van der Waals surface area contributed by atoms with E-state index in [2.05, 4.69) is 4.90 Å². The van der Waals surface area contributed by atoms with Gasteiger partial charge in [0.05, 0.1) is 29.3 Å². The summed E-state index contributed by atoms with van der Waals surface area (Å²) in [6.07, 6.45) is 0. The van der Waals surface area contributed by atoms with Gasteiger partial charge in [0, 0.05) is 13.1 Å². The van der Waals surface area contributed by atoms with Crippen LogP contribution in [0.1, 0.15) is 18.5 Å². The smallest absolute Gasteiger partial charge is 0.151 e. The summed E-state index contributed by atoms with van der Waals surface area (Å²) in [7, 11) is 0. The van der Waals surface area contributed by atoms with Crippen LogP contribution in [0, 0.1) is 0 Å². The maximum atomic E-state index is 11.9. The Hall–Kier alpha value is -0.320. The van der Waals surface area contributed by atoms with Crippen molar-refractivity contribution in [3.05, 3.63) is 33.8 Å². The third kappa shape index (κ3) is 4.07. The molecule has 1 aliphatic heterocycles. The summed E-state index contributed by atoms with van der Waals surface area (Å²) in [5, 5.41) is 0.985. The number of Topliss-reactive ketones (excluding diaryl/α,β-unsaturated/α-hetero) is 1. The average molecular weight is 325 g/mol. The van der Waals surface area contributed by atoms with E-state index in [0.29, 0.717) is 23.3 Å². The van der Waals surface area contributed by atoms with Crippen LogP contribution in [0.4, 0.5) is 0 Å². The summed E-state index contributed by atoms with van der Waals surface area (Å²) in [6.45, 7) is 4.42. The van der Waals surface area contributed by atoms with Crippen LogP contribution < -0.4 is 0 Å². The van der Waals surface area contributed by atoms with E-state index >= 15 is 0 Å². The first-order valence-electron chi connectivity index (χ1n) is 5.87. The molecule has 1 fully saturated rings. The Labute approximate surface area is 129 Å². The zero-order valence-corrected chi connectivity index (χ0v) is 12.9. The van der Waals surface area contributed by atoms with E-state index in [-0.39, 0.29) is 24.2 Å². The Kier molecular flexibility index (Phi) is 6.57. The molecule has 1 aromatic rings. The van der Waals surface area contributed by atoms with Crippen molar-refractivity contribution in [2.24, 2.45) is 0 Å². The van der Waals surface area contributed by atoms with Crippen molar-refractivity contribution in [2.45, 2.75) is 13.0 Å². The topological polar surface area (TPSA) is 29.5 Å². The van der Waals surface area contributed by atoms with Crippen LogP contribution in [-0.2, 0) is 9.53 Å². The van der Waals surface area contributed by atoms with Crippen LogP contribution in [0.15, 0.2) is 18.2 Å². The third-order valence-electron chi connectivity index (χ3n) is 3.06. The van der Waals surface area contributed by atoms with Crippen molar-refractivity contribution in [3.63, 3.8) is 0 Å². The van der Waals surface area contributed by atoms with E-state index in [1.54, 1.807) is 19.1 Å². The number of ether oxygens (including phenoxy) is 1. The average Bonchev–Trinajstić information content (AvgIpc) is 2.35. The Morgan fingerprint density at radius 2 is 1.89 bits per heavy atom. The fourth-order valence-electron chi connectivity index (χ4n) is 2.22. The molecule has 0 aromatic heterocycles. The second kappa shape index (κ2) is 7.46. The van der Waals surface area contributed by atoms with Crippen LogP contribution >= 0.6 is 35.6 Å². The summed E-state index contributed by atoms with van der Waals surface area (Å²) in [5.74, 6) is 0.107. The summed E-state index contributed by atoms with van der Waals surface area (Å²) in [5.41, 5.74) is 0.888. The highest BCUT2D eigenvalue weighted by Gasteiger charge is 2.26. The summed E-state index contributed by atoms with van der Waals surface area (Å²) in [4.78, 5) is 14.0. The SMILES string of the molecule is CC(=O)C(c1ccc(Cl)c(Cl)c1)N1CCOCC1.Cl. The number of nitrogens with zero attached hydrogens (tertiary/aromatic N) is 1. The maximum absolute atomic E-state index is 11.9. The largest absolute Gasteiger partial charge is 0.379 e. The number of halogens is 3. The first-order valence-corrected chi connectivity index (χ1v) is 6.62. The molecule has 0 spiro atoms. The molecule has 2 rings (SSSR count). The molecular formula is C13H16Cl3NO2. The molecule has 19 heavy (non-hydrogen) atoms. The second-order valence-corrected chi connectivity index (χ2v) is 5.15. The van der Waals surface area contributed by atoms with Crippen molar-refractivity contribution in [1.29, 1.82) is 0 Å². The zero-order valence-electron chi connectivity index (χ0n) is 10.6. The van der Waals surface area contributed by atoms with Crippen LogP contribution in [0.2, 0.25) is 10.0 Å². The lowest BCUT2D eigenvalue weighted by Gasteiger charge is -2.33. The number of hydrogen-bond acceptors (Lipinski definition) is 3. The zero-order chi connectivity index (χ0) is 13.1. The van der Waals surface area contributed by atoms with E-state index in [4.69, 9.17) is 27.9 Å². The molecule has 0 aliphatic carbocycles. The van der Waals surface area contributed by atoms with Gasteiger partial charge in [-0.1, -0.05) is 29.3 Å². The maximum Gasteiger partial charge on any atom is 0.151 e. The molecule has 1 saturated heterocycles. The number of carbonyl (C=O) groups excluding carboxylic acids is 1. The number of ketones is 1. The van der Waals surface area contributed by atoms with Gasteiger partial charge in [-0.25, -0.2) is 0 Å². The summed E-state index contributed by atoms with van der Waals surface area (Å²) >= 11 is 11.9. The third-order valence-corrected chi connectivity index (χ3v) is 3.79. The van der Waals surface area contributed by atoms with E-state index in [0.717, 1.165) is 18.7 Å². The highest BCUT2D eigenvalue weighted by molar-refractivity contribution is 6.42. The van der Waals surface area contributed by atoms with Crippen LogP contribution in [0.25, 0.3) is 0 Å². The lowest BCUT2D eigenvalue weighted by atomic mass is 10.0. The molecule has 0 bridgehead atoms. The Bertz CT molecular complexity index is 448. The second-order valence-electron chi connectivity index (χ2n) is 4.34. The minimum Gasteiger partial charge on any atom is -0.379 e. The normalized spacial score (nSPS) is 17.6. The minimum absolute atomic E-state index is 0. The van der Waals surface area contributed by atoms with Crippen molar-refractivity contribution in [2.75, 3.05) is 26.3 Å². The predicted molar refractivity (Wildman–Crippen MR) is 79.5 cm³/mol. The van der Waals surface area contributed by atoms with Gasteiger partial charge in [-0.05, 0) is 24.6 Å². The van der Waals surface area contributed by atoms with Crippen molar-refractivity contribution in [1.82, 2.24) is 4.90 Å². The molecule has 0 saturated carbocycles. The van der Waals surface area contributed by atoms with Gasteiger partial charge in [0.1, 0.15) is 0 Å². The van der Waals surface area contributed by atoms with Gasteiger partial charge in [0.15, 0.2) is 5.78 Å². The highest BCUT2D eigenvalue weighted by Crippen LogP contribution is 2.29. The van der Waals surface area contributed by atoms with Crippen molar-refractivity contribution >= 4 is 41.4 Å². The summed E-state index contributed by atoms with van der Waals surface area (Å²) < 4.78 is 5.31. The number of rotatable bonds is 3. The molecular weight excluding hydrogens is 309 g/mol. The lowest BCUT2D eigenvalue weighted by molar-refractivity contribution is -0.124. The van der Waals surface area contributed by atoms with E-state index < -0.39 is 0 Å². The van der Waals surface area contributed by atoms with Crippen LogP contribution in [0.3, 0.4) is 0 Å². The monoisotopic (exact) mass is 323 g/mol. The molecule has 1 aliphatic rings. The summed E-state index contributed by atoms with van der Waals surface area (Å²) in [6, 6.07) is 5.10. The molecule has 1 aromatic carbocycles. The lowest BCUT2D eigenvalue weighted by Crippen LogP contribution is -2.41. The van der Waals surface area contributed by atoms with E-state index in [1.165, 1.54) is 0 Å². The van der Waals surface area contributed by atoms with Gasteiger partial charge in [-0.3, -0.25) is 9.69 Å². The van der Waals surface area contributed by atoms with Gasteiger partial charge in [0.25, 0.3) is 0 Å². The van der Waals surface area contributed by atoms with Gasteiger partial charge < -0.3 is 4.74 Å². The van der Waals surface area contributed by atoms with Gasteiger partial charge in [0.2, 0.25) is 0 Å². The fourth-order valence-corrected chi connectivity index (χ4v) is 2.53. The first-order chi connectivity index (χ1) is 8.59. The van der Waals surface area contributed by atoms with Crippen molar-refractivity contribution in [3.8, 4) is 0 Å². The van der Waals surface area contributed by atoms with Gasteiger partial charge >= 0.3 is 0 Å². The standard InChI is InChI=1S/C13H15Cl2NO2.ClH/c1-9(17)13(16-4-6-18-7-5-16)10-2-3-11(14)12(15)8-10;/h2-3,8,13H,4-7H2,1H3;1H. The molecule has 1 heterocycles. The van der Waals surface area contributed by atoms with Crippen LogP contribution in [0.5, 0.6) is 0 Å². The molecule has 1 unspecified atom stereocenters. The van der Waals surface area contributed by atoms with Gasteiger partial charge in [-0.15, -0.1) is 12.4 Å². The highest BCUT2D eigenvalue weighted by atomic mass is 35.5. The molecule has 3 nitrogen and oxygen atoms in total. The first kappa shape index (κ1) is 16.7. The minimum atomic E-state index is -0.260. The number of carbonyl (C=O) groups is 1. The van der Waals surface area contributed by atoms with Crippen LogP contribution in [-0.4, -0.2) is 37.0 Å². The molecule has 0 amide bonds. The predicted octanol–water partition coefficient (Wildman–Crippen LogP) is 3.38. The fraction of sp³-hybridized carbons (Fsp3) is 0.462. The number of morpholine rings is 1. The van der Waals surface area contributed by atoms with E-state index in [9.17, 15) is 4.79 Å². The molecule has 1 atom stereocenters. The Balaban J connectivity index is 0.00000180. The Morgan fingerprint density at radius 3 is 2.42 bits per heavy atom. The van der Waals surface area contributed by atoms with E-state index in [1.807, 2.05) is 6.07 Å². The quantitative estimate of drug-likeness (QED) is 0.853. The molecule has 0 N–H and O–H groups in total. The molecule has 6 heteroatoms. The molecule has 106 valence electrons. The van der Waals surface area contributed by atoms with Gasteiger partial charge in [-0.2, -0.15) is 0 Å². The number of benzene rings is 1.